The number of carbonyl (C=O) groups is 4. The zero-order valence-electron chi connectivity index (χ0n) is 24.8. The van der Waals surface area contributed by atoms with E-state index in [2.05, 4.69) is 0 Å². The summed E-state index contributed by atoms with van der Waals surface area (Å²) in [6, 6.07) is 25.5. The number of hydrogen-bond acceptors (Lipinski definition) is 9. The summed E-state index contributed by atoms with van der Waals surface area (Å²) in [5.41, 5.74) is -0.666. The van der Waals surface area contributed by atoms with E-state index in [0.717, 1.165) is 0 Å². The van der Waals surface area contributed by atoms with Crippen LogP contribution in [0.1, 0.15) is 69.6 Å². The SMILES string of the molecule is O=C[C@@H]1O[C@H](C(O)CC(=O)c2ccccc2)C[C@@H]1[C@](O)(CC(=O)c1ccccc1)C1CCC(C(O)CC(=O)c2ccccc2)O1. The van der Waals surface area contributed by atoms with Crippen molar-refractivity contribution in [3.63, 3.8) is 0 Å². The number of ether oxygens (including phenoxy) is 2. The van der Waals surface area contributed by atoms with Gasteiger partial charge in [0.05, 0.1) is 30.5 Å². The first-order valence-electron chi connectivity index (χ1n) is 15.3. The van der Waals surface area contributed by atoms with Crippen molar-refractivity contribution in [2.75, 3.05) is 0 Å². The van der Waals surface area contributed by atoms with Crippen molar-refractivity contribution < 1.29 is 44.0 Å². The average Bonchev–Trinajstić information content (AvgIpc) is 3.75. The van der Waals surface area contributed by atoms with E-state index in [-0.39, 0.29) is 43.0 Å². The van der Waals surface area contributed by atoms with Gasteiger partial charge < -0.3 is 29.6 Å². The summed E-state index contributed by atoms with van der Waals surface area (Å²) in [4.78, 5) is 51.3. The second-order valence-corrected chi connectivity index (χ2v) is 11.9. The van der Waals surface area contributed by atoms with Gasteiger partial charge in [0, 0.05) is 41.9 Å². The Morgan fingerprint density at radius 3 is 1.67 bits per heavy atom. The van der Waals surface area contributed by atoms with Gasteiger partial charge in [-0.05, 0) is 19.3 Å². The second kappa shape index (κ2) is 14.5. The zero-order valence-corrected chi connectivity index (χ0v) is 24.8. The molecule has 9 heteroatoms. The number of aldehydes is 1. The lowest BCUT2D eigenvalue weighted by Gasteiger charge is -2.39. The van der Waals surface area contributed by atoms with Crippen LogP contribution in [0.2, 0.25) is 0 Å². The molecule has 2 fully saturated rings. The van der Waals surface area contributed by atoms with Crippen LogP contribution in [-0.4, -0.2) is 81.2 Å². The van der Waals surface area contributed by atoms with Crippen LogP contribution in [0, 0.1) is 5.92 Å². The van der Waals surface area contributed by atoms with Crippen LogP contribution in [0.15, 0.2) is 91.0 Å². The third-order valence-electron chi connectivity index (χ3n) is 8.98. The molecule has 2 saturated heterocycles. The molecule has 45 heavy (non-hydrogen) atoms. The van der Waals surface area contributed by atoms with Crippen molar-refractivity contribution in [1.82, 2.24) is 0 Å². The Morgan fingerprint density at radius 2 is 1.18 bits per heavy atom. The highest BCUT2D eigenvalue weighted by Gasteiger charge is 2.56. The summed E-state index contributed by atoms with van der Waals surface area (Å²) in [7, 11) is 0. The lowest BCUT2D eigenvalue weighted by atomic mass is 9.73. The van der Waals surface area contributed by atoms with Crippen molar-refractivity contribution >= 4 is 23.6 Å². The van der Waals surface area contributed by atoms with Gasteiger partial charge in [0.15, 0.2) is 17.3 Å². The summed E-state index contributed by atoms with van der Waals surface area (Å²) in [6.45, 7) is 0. The molecule has 0 saturated carbocycles. The van der Waals surface area contributed by atoms with E-state index >= 15 is 0 Å². The van der Waals surface area contributed by atoms with Gasteiger partial charge in [-0.15, -0.1) is 0 Å². The van der Waals surface area contributed by atoms with E-state index in [1.54, 1.807) is 91.0 Å². The Bertz CT molecular complexity index is 1460. The normalized spacial score (nSPS) is 25.6. The van der Waals surface area contributed by atoms with Crippen LogP contribution in [-0.2, 0) is 14.3 Å². The van der Waals surface area contributed by atoms with Gasteiger partial charge >= 0.3 is 0 Å². The third kappa shape index (κ3) is 7.52. The molecule has 236 valence electrons. The number of rotatable bonds is 14. The maximum atomic E-state index is 13.5. The smallest absolute Gasteiger partial charge is 0.165 e. The van der Waals surface area contributed by atoms with Crippen molar-refractivity contribution in [3.05, 3.63) is 108 Å². The zero-order chi connectivity index (χ0) is 32.0. The number of aliphatic hydroxyl groups is 3. The van der Waals surface area contributed by atoms with Crippen LogP contribution in [0.4, 0.5) is 0 Å². The molecule has 3 N–H and O–H groups in total. The maximum Gasteiger partial charge on any atom is 0.165 e. The number of aliphatic hydroxyl groups excluding tert-OH is 2. The van der Waals surface area contributed by atoms with Crippen LogP contribution in [0.5, 0.6) is 0 Å². The molecule has 0 aromatic heterocycles. The molecular weight excluding hydrogens is 576 g/mol. The van der Waals surface area contributed by atoms with Crippen molar-refractivity contribution in [2.24, 2.45) is 5.92 Å². The van der Waals surface area contributed by atoms with Gasteiger partial charge in [-0.1, -0.05) is 91.0 Å². The summed E-state index contributed by atoms with van der Waals surface area (Å²) in [5.74, 6) is -1.89. The van der Waals surface area contributed by atoms with Crippen LogP contribution in [0.25, 0.3) is 0 Å². The van der Waals surface area contributed by atoms with Gasteiger partial charge in [0.2, 0.25) is 0 Å². The molecule has 0 radical (unpaired) electrons. The Morgan fingerprint density at radius 1 is 0.711 bits per heavy atom. The molecule has 3 aromatic carbocycles. The molecule has 0 aliphatic carbocycles. The molecular formula is C36H38O9. The molecule has 8 atom stereocenters. The van der Waals surface area contributed by atoms with Gasteiger partial charge in [-0.25, -0.2) is 0 Å². The maximum absolute atomic E-state index is 13.5. The lowest BCUT2D eigenvalue weighted by Crippen LogP contribution is -2.53. The molecule has 2 aliphatic rings. The fraction of sp³-hybridized carbons (Fsp3) is 0.389. The molecule has 5 rings (SSSR count). The van der Waals surface area contributed by atoms with Gasteiger partial charge in [-0.2, -0.15) is 0 Å². The molecule has 2 heterocycles. The van der Waals surface area contributed by atoms with Gasteiger partial charge in [0.1, 0.15) is 18.0 Å². The van der Waals surface area contributed by atoms with Crippen molar-refractivity contribution in [1.29, 1.82) is 0 Å². The highest BCUT2D eigenvalue weighted by molar-refractivity contribution is 5.97. The predicted molar refractivity (Wildman–Crippen MR) is 164 cm³/mol. The molecule has 2 aliphatic heterocycles. The second-order valence-electron chi connectivity index (χ2n) is 11.9. The Hall–Kier alpha value is -3.86. The van der Waals surface area contributed by atoms with Gasteiger partial charge in [-0.3, -0.25) is 14.4 Å². The van der Waals surface area contributed by atoms with E-state index in [4.69, 9.17) is 9.47 Å². The summed E-state index contributed by atoms with van der Waals surface area (Å²) >= 11 is 0. The van der Waals surface area contributed by atoms with Crippen LogP contribution >= 0.6 is 0 Å². The first kappa shape index (κ1) is 32.5. The minimum atomic E-state index is -1.92. The predicted octanol–water partition coefficient (Wildman–Crippen LogP) is 3.78. The van der Waals surface area contributed by atoms with Gasteiger partial charge in [0.25, 0.3) is 0 Å². The quantitative estimate of drug-likeness (QED) is 0.182. The molecule has 3 aromatic rings. The number of benzene rings is 3. The highest BCUT2D eigenvalue weighted by Crippen LogP contribution is 2.45. The van der Waals surface area contributed by atoms with Crippen LogP contribution in [0.3, 0.4) is 0 Å². The largest absolute Gasteiger partial charge is 0.390 e. The summed E-state index contributed by atoms with van der Waals surface area (Å²) in [5, 5.41) is 34.3. The molecule has 4 unspecified atom stereocenters. The lowest BCUT2D eigenvalue weighted by molar-refractivity contribution is -0.159. The summed E-state index contributed by atoms with van der Waals surface area (Å²) in [6.07, 6.45) is -6.07. The minimum absolute atomic E-state index is 0.00914. The minimum Gasteiger partial charge on any atom is -0.390 e. The standard InChI is InChI=1S/C36H38O9/c37-22-34-26(18-33(44-34)30(41)20-28(39)24-12-6-2-7-13-24)36(43,21-31(42)25-14-8-3-9-15-25)35-17-16-32(45-35)29(40)19-27(38)23-10-4-1-5-11-23/h1-15,22,26,29-30,32-35,40-41,43H,16-21H2/t26-,29?,30?,32?,33-,34-,35?,36+/m0/s1. The molecule has 0 bridgehead atoms. The Labute approximate surface area is 261 Å². The number of Topliss-reactive ketones (excluding diaryl/α,β-unsaturated/α-hetero) is 3. The van der Waals surface area contributed by atoms with E-state index in [1.807, 2.05) is 0 Å². The first-order valence-corrected chi connectivity index (χ1v) is 15.3. The van der Waals surface area contributed by atoms with Crippen molar-refractivity contribution in [3.8, 4) is 0 Å². The fourth-order valence-electron chi connectivity index (χ4n) is 6.51. The van der Waals surface area contributed by atoms with E-state index in [9.17, 15) is 34.5 Å². The Kier molecular flexibility index (Phi) is 10.5. The highest BCUT2D eigenvalue weighted by atomic mass is 16.5. The topological polar surface area (TPSA) is 147 Å². The third-order valence-corrected chi connectivity index (χ3v) is 8.98. The number of ketones is 3. The monoisotopic (exact) mass is 614 g/mol. The Balaban J connectivity index is 1.34. The van der Waals surface area contributed by atoms with E-state index in [0.29, 0.717) is 29.4 Å². The molecule has 0 amide bonds. The van der Waals surface area contributed by atoms with E-state index < -0.39 is 54.6 Å². The van der Waals surface area contributed by atoms with E-state index in [1.165, 1.54) is 0 Å². The number of carbonyl (C=O) groups excluding carboxylic acids is 4. The molecule has 9 nitrogen and oxygen atoms in total. The summed E-state index contributed by atoms with van der Waals surface area (Å²) < 4.78 is 12.1. The molecule has 0 spiro atoms. The van der Waals surface area contributed by atoms with Crippen molar-refractivity contribution in [2.45, 2.75) is 80.7 Å². The fourth-order valence-corrected chi connectivity index (χ4v) is 6.51. The average molecular weight is 615 g/mol. The number of hydrogen-bond donors (Lipinski definition) is 3. The first-order chi connectivity index (χ1) is 21.7. The van der Waals surface area contributed by atoms with Crippen LogP contribution < -0.4 is 0 Å².